The number of hydrogen-bond acceptors (Lipinski definition) is 11. The molecule has 3 aromatic heterocycles. The quantitative estimate of drug-likeness (QED) is 0.101. The van der Waals surface area contributed by atoms with E-state index in [4.69, 9.17) is 16.1 Å². The molecular weight excluding hydrogens is 910 g/mol. The summed E-state index contributed by atoms with van der Waals surface area (Å²) in [4.78, 5) is 47.0. The van der Waals surface area contributed by atoms with E-state index in [-0.39, 0.29) is 75.5 Å². The van der Waals surface area contributed by atoms with Crippen LogP contribution in [-0.4, -0.2) is 117 Å². The lowest BCUT2D eigenvalue weighted by Crippen LogP contribution is -2.56. The second kappa shape index (κ2) is 17.5. The molecule has 6 aromatic rings. The van der Waals surface area contributed by atoms with Gasteiger partial charge in [0.25, 0.3) is 0 Å². The summed E-state index contributed by atoms with van der Waals surface area (Å²) >= 11 is 0. The summed E-state index contributed by atoms with van der Waals surface area (Å²) < 4.78 is 56.0. The standard InChI is InChI=1S/C54H55F3N10O4/c1-3-36-41(55)8-7-33-23-35(68)24-39(45(33)36)47-46(57)48-40(29-58-47)49(66-16-5-4-6-17-66)61-51(60-48)71-31-54(12-13-54)30-64-21-14-53(15-22-64)27-34(28-53)65-18-9-32(10-19-65)37-26-43-38(25-42(37)56)50(62-63(43)2)67-20-11-44(69)59-52(67)70/h1,4-5,7-8,23-26,29,32,34,68H,6,9-22,27-28,30-31H2,2H3,(H,59,69,70). The fraction of sp³-hybridized carbons (Fsp3) is 0.444. The average molecular weight is 965 g/mol. The molecule has 3 amide bonds. The van der Waals surface area contributed by atoms with Crippen LogP contribution in [0.4, 0.5) is 29.6 Å². The predicted octanol–water partition coefficient (Wildman–Crippen LogP) is 8.33. The minimum Gasteiger partial charge on any atom is -0.508 e. The largest absolute Gasteiger partial charge is 0.508 e. The molecule has 3 saturated heterocycles. The molecule has 14 nitrogen and oxygen atoms in total. The summed E-state index contributed by atoms with van der Waals surface area (Å²) in [5.74, 6) is 1.27. The van der Waals surface area contributed by atoms with Crippen molar-refractivity contribution >= 4 is 56.2 Å². The minimum absolute atomic E-state index is 0.0210. The fourth-order valence-corrected chi connectivity index (χ4v) is 12.2. The number of aryl methyl sites for hydroxylation is 1. The molecule has 0 radical (unpaired) electrons. The van der Waals surface area contributed by atoms with Crippen LogP contribution in [0.3, 0.4) is 0 Å². The zero-order valence-electron chi connectivity index (χ0n) is 39.7. The third-order valence-corrected chi connectivity index (χ3v) is 16.5. The van der Waals surface area contributed by atoms with Gasteiger partial charge >= 0.3 is 12.0 Å². The van der Waals surface area contributed by atoms with Gasteiger partial charge in [0.15, 0.2) is 11.6 Å². The van der Waals surface area contributed by atoms with E-state index in [2.05, 4.69) is 53.2 Å². The first kappa shape index (κ1) is 45.4. The van der Waals surface area contributed by atoms with Crippen LogP contribution in [0.5, 0.6) is 11.8 Å². The van der Waals surface area contributed by atoms with E-state index in [0.717, 1.165) is 83.2 Å². The van der Waals surface area contributed by atoms with Crippen molar-refractivity contribution in [1.29, 1.82) is 0 Å². The summed E-state index contributed by atoms with van der Waals surface area (Å²) in [6, 6.07) is 9.04. The summed E-state index contributed by atoms with van der Waals surface area (Å²) in [5.41, 5.74) is 1.80. The molecule has 71 heavy (non-hydrogen) atoms. The number of aromatic nitrogens is 5. The Bertz CT molecular complexity index is 3230. The predicted molar refractivity (Wildman–Crippen MR) is 264 cm³/mol. The first-order valence-corrected chi connectivity index (χ1v) is 24.9. The third-order valence-electron chi connectivity index (χ3n) is 16.5. The molecular formula is C54H55F3N10O4. The zero-order valence-corrected chi connectivity index (χ0v) is 39.7. The van der Waals surface area contributed by atoms with Gasteiger partial charge in [-0.15, -0.1) is 6.42 Å². The number of rotatable bonds is 10. The maximum absolute atomic E-state index is 17.0. The van der Waals surface area contributed by atoms with Crippen molar-refractivity contribution in [2.45, 2.75) is 76.2 Å². The van der Waals surface area contributed by atoms with Crippen molar-refractivity contribution in [3.63, 3.8) is 0 Å². The average Bonchev–Trinajstić information content (AvgIpc) is 4.06. The number of imide groups is 1. The van der Waals surface area contributed by atoms with Gasteiger partial charge in [-0.1, -0.05) is 24.1 Å². The van der Waals surface area contributed by atoms with Gasteiger partial charge in [-0.25, -0.2) is 18.0 Å². The van der Waals surface area contributed by atoms with Crippen LogP contribution >= 0.6 is 0 Å². The number of phenolic OH excluding ortho intramolecular Hbond substituents is 1. The zero-order chi connectivity index (χ0) is 48.8. The number of hydrogen-bond donors (Lipinski definition) is 2. The van der Waals surface area contributed by atoms with Crippen LogP contribution in [0, 0.1) is 40.6 Å². The number of anilines is 2. The highest BCUT2D eigenvalue weighted by Gasteiger charge is 2.51. The molecule has 5 fully saturated rings. The maximum Gasteiger partial charge on any atom is 0.329 e. The molecule has 6 aliphatic rings. The Morgan fingerprint density at radius 1 is 0.915 bits per heavy atom. The number of nitrogens with one attached hydrogen (secondary N) is 1. The van der Waals surface area contributed by atoms with E-state index in [0.29, 0.717) is 64.5 Å². The number of carbonyl (C=O) groups excluding carboxylic acids is 2. The molecule has 7 heterocycles. The van der Waals surface area contributed by atoms with Crippen LogP contribution in [0.1, 0.15) is 81.3 Å². The van der Waals surface area contributed by atoms with Gasteiger partial charge in [0.2, 0.25) is 5.91 Å². The molecule has 17 heteroatoms. The normalized spacial score (nSPS) is 20.8. The molecule has 12 rings (SSSR count). The maximum atomic E-state index is 17.0. The number of pyridine rings is 1. The summed E-state index contributed by atoms with van der Waals surface area (Å²) in [5, 5.41) is 19.3. The molecule has 0 unspecified atom stereocenters. The lowest BCUT2D eigenvalue weighted by atomic mass is 9.59. The topological polar surface area (TPSA) is 145 Å². The molecule has 2 aliphatic carbocycles. The molecule has 2 saturated carbocycles. The molecule has 2 N–H and O–H groups in total. The van der Waals surface area contributed by atoms with Crippen LogP contribution in [-0.2, 0) is 11.8 Å². The highest BCUT2D eigenvalue weighted by Crippen LogP contribution is 2.53. The Morgan fingerprint density at radius 3 is 2.45 bits per heavy atom. The van der Waals surface area contributed by atoms with Crippen LogP contribution in [0.2, 0.25) is 0 Å². The molecule has 3 aromatic carbocycles. The number of phenols is 1. The minimum atomic E-state index is -0.744. The lowest BCUT2D eigenvalue weighted by molar-refractivity contribution is -0.120. The van der Waals surface area contributed by atoms with Crippen molar-refractivity contribution in [1.82, 2.24) is 39.8 Å². The number of likely N-dealkylation sites (tertiary alicyclic amines) is 2. The monoisotopic (exact) mass is 964 g/mol. The Labute approximate surface area is 408 Å². The number of ether oxygens (including phenoxy) is 1. The van der Waals surface area contributed by atoms with Gasteiger partial charge in [-0.3, -0.25) is 24.7 Å². The second-order valence-corrected chi connectivity index (χ2v) is 20.9. The van der Waals surface area contributed by atoms with E-state index in [9.17, 15) is 19.1 Å². The Balaban J connectivity index is 0.680. The number of fused-ring (bicyclic) bond motifs is 3. The van der Waals surface area contributed by atoms with Crippen LogP contribution < -0.4 is 19.9 Å². The van der Waals surface area contributed by atoms with E-state index < -0.39 is 17.7 Å². The van der Waals surface area contributed by atoms with Gasteiger partial charge in [0.1, 0.15) is 34.4 Å². The summed E-state index contributed by atoms with van der Waals surface area (Å²) in [6.45, 7) is 6.71. The van der Waals surface area contributed by atoms with Crippen LogP contribution in [0.25, 0.3) is 43.8 Å². The molecule has 366 valence electrons. The van der Waals surface area contributed by atoms with E-state index >= 15 is 8.78 Å². The highest BCUT2D eigenvalue weighted by molar-refractivity contribution is 6.09. The number of piperidine rings is 2. The van der Waals surface area contributed by atoms with Crippen molar-refractivity contribution in [3.05, 3.63) is 83.3 Å². The number of urea groups is 1. The summed E-state index contributed by atoms with van der Waals surface area (Å²) in [6.07, 6.45) is 20.9. The van der Waals surface area contributed by atoms with Gasteiger partial charge in [-0.2, -0.15) is 15.1 Å². The Hall–Kier alpha value is -6.77. The van der Waals surface area contributed by atoms with Gasteiger partial charge < -0.3 is 24.5 Å². The van der Waals surface area contributed by atoms with Gasteiger partial charge in [-0.05, 0) is 137 Å². The van der Waals surface area contributed by atoms with Crippen molar-refractivity contribution in [2.75, 3.05) is 68.8 Å². The number of aromatic hydroxyl groups is 1. The van der Waals surface area contributed by atoms with E-state index in [1.807, 2.05) is 6.07 Å². The van der Waals surface area contributed by atoms with Gasteiger partial charge in [0, 0.05) is 73.6 Å². The molecule has 4 aliphatic heterocycles. The van der Waals surface area contributed by atoms with E-state index in [1.165, 1.54) is 54.3 Å². The Kier molecular flexibility index (Phi) is 11.2. The smallest absolute Gasteiger partial charge is 0.329 e. The molecule has 0 bridgehead atoms. The highest BCUT2D eigenvalue weighted by atomic mass is 19.1. The molecule has 1 spiro atoms. The lowest BCUT2D eigenvalue weighted by Gasteiger charge is -2.56. The van der Waals surface area contributed by atoms with Gasteiger partial charge in [0.05, 0.1) is 23.1 Å². The van der Waals surface area contributed by atoms with Crippen LogP contribution in [0.15, 0.2) is 54.7 Å². The third kappa shape index (κ3) is 8.18. The number of amides is 3. The number of terminal acetylenes is 1. The van der Waals surface area contributed by atoms with E-state index in [1.54, 1.807) is 11.7 Å². The first-order chi connectivity index (χ1) is 34.4. The molecule has 0 atom stereocenters. The van der Waals surface area contributed by atoms with Crippen molar-refractivity contribution in [3.8, 4) is 35.4 Å². The summed E-state index contributed by atoms with van der Waals surface area (Å²) in [7, 11) is 1.80. The second-order valence-electron chi connectivity index (χ2n) is 20.9. The van der Waals surface area contributed by atoms with Crippen molar-refractivity contribution < 1.29 is 32.6 Å². The number of benzene rings is 3. The number of nitrogens with zero attached hydrogens (tertiary/aromatic N) is 9. The Morgan fingerprint density at radius 2 is 1.72 bits per heavy atom. The number of carbonyl (C=O) groups is 2. The first-order valence-electron chi connectivity index (χ1n) is 24.9. The SMILES string of the molecule is C#Cc1c(F)ccc2cc(O)cc(-c3ncc4c(N5CC=CCC5)nc(OCC5(CN6CCC7(CC6)CC(N6CCC(c8cc9c(cc8F)c(N8CCC(=O)NC8=O)nn9C)CC6)C7)CC5)nc4c3F)c12. The fourth-order valence-electron chi connectivity index (χ4n) is 12.2. The van der Waals surface area contributed by atoms with Crippen molar-refractivity contribution in [2.24, 2.45) is 17.9 Å². The number of halogens is 3.